The fourth-order valence-electron chi connectivity index (χ4n) is 2.74. The van der Waals surface area contributed by atoms with Crippen molar-refractivity contribution >= 4 is 59.1 Å². The van der Waals surface area contributed by atoms with Crippen LogP contribution < -0.4 is 10.6 Å². The summed E-state index contributed by atoms with van der Waals surface area (Å²) < 4.78 is 0. The first-order valence-electron chi connectivity index (χ1n) is 8.13. The lowest BCUT2D eigenvalue weighted by Crippen LogP contribution is -2.51. The zero-order valence-electron chi connectivity index (χ0n) is 14.2. The van der Waals surface area contributed by atoms with Crippen LogP contribution in [0, 0.1) is 0 Å². The van der Waals surface area contributed by atoms with Gasteiger partial charge in [-0.25, -0.2) is 9.97 Å². The molecule has 0 bridgehead atoms. The summed E-state index contributed by atoms with van der Waals surface area (Å²) in [5, 5.41) is 1.28. The van der Waals surface area contributed by atoms with Crippen LogP contribution in [-0.4, -0.2) is 53.6 Å². The second kappa shape index (κ2) is 10.1. The zero-order chi connectivity index (χ0) is 17.6. The molecule has 2 heterocycles. The normalized spacial score (nSPS) is 14.9. The largest absolute Gasteiger partial charge is 0.370 e. The van der Waals surface area contributed by atoms with E-state index in [4.69, 9.17) is 28.9 Å². The Hall–Kier alpha value is -1.32. The maximum atomic E-state index is 6.13. The fraction of sp³-hybridized carbons (Fsp3) is 0.353. The number of nitrogens with two attached hydrogens (primary N) is 1. The summed E-state index contributed by atoms with van der Waals surface area (Å²) in [6.07, 6.45) is 4.26. The van der Waals surface area contributed by atoms with E-state index in [1.165, 1.54) is 0 Å². The highest BCUT2D eigenvalue weighted by atomic mass is 127. The van der Waals surface area contributed by atoms with Gasteiger partial charge in [0, 0.05) is 55.2 Å². The van der Waals surface area contributed by atoms with Crippen molar-refractivity contribution in [1.82, 2.24) is 14.9 Å². The Morgan fingerprint density at radius 3 is 2.27 bits per heavy atom. The van der Waals surface area contributed by atoms with Crippen LogP contribution in [0.15, 0.2) is 41.7 Å². The molecule has 1 aromatic heterocycles. The second-order valence-corrected chi connectivity index (χ2v) is 6.66. The molecule has 140 valence electrons. The molecule has 0 saturated carbocycles. The summed E-state index contributed by atoms with van der Waals surface area (Å²) in [5.74, 6) is 1.33. The number of piperazine rings is 1. The van der Waals surface area contributed by atoms with Gasteiger partial charge in [-0.2, -0.15) is 0 Å². The first-order chi connectivity index (χ1) is 12.1. The van der Waals surface area contributed by atoms with Gasteiger partial charge < -0.3 is 15.5 Å². The van der Waals surface area contributed by atoms with Crippen molar-refractivity contribution in [2.45, 2.75) is 6.42 Å². The monoisotopic (exact) mass is 506 g/mol. The van der Waals surface area contributed by atoms with E-state index in [1.54, 1.807) is 18.5 Å². The Morgan fingerprint density at radius 2 is 1.65 bits per heavy atom. The van der Waals surface area contributed by atoms with Gasteiger partial charge in [-0.15, -0.1) is 24.0 Å². The molecule has 1 saturated heterocycles. The molecule has 1 aliphatic heterocycles. The maximum Gasteiger partial charge on any atom is 0.225 e. The number of halogens is 3. The molecule has 3 rings (SSSR count). The average molecular weight is 507 g/mol. The summed E-state index contributed by atoms with van der Waals surface area (Å²) in [6, 6.07) is 7.34. The lowest BCUT2D eigenvalue weighted by atomic mass is 10.1. The predicted octanol–water partition coefficient (Wildman–Crippen LogP) is 3.08. The Balaban J connectivity index is 0.00000243. The van der Waals surface area contributed by atoms with Crippen LogP contribution in [-0.2, 0) is 6.42 Å². The molecule has 1 fully saturated rings. The Morgan fingerprint density at radius 1 is 1.04 bits per heavy atom. The third kappa shape index (κ3) is 5.85. The molecule has 0 spiro atoms. The lowest BCUT2D eigenvalue weighted by molar-refractivity contribution is 0.378. The minimum atomic E-state index is 0. The molecule has 6 nitrogen and oxygen atoms in total. The van der Waals surface area contributed by atoms with Crippen molar-refractivity contribution in [1.29, 1.82) is 0 Å². The molecule has 2 N–H and O–H groups in total. The van der Waals surface area contributed by atoms with Crippen molar-refractivity contribution in [3.63, 3.8) is 0 Å². The maximum absolute atomic E-state index is 6.13. The van der Waals surface area contributed by atoms with E-state index in [9.17, 15) is 0 Å². The number of rotatable bonds is 4. The summed E-state index contributed by atoms with van der Waals surface area (Å²) in [6.45, 7) is 3.85. The highest BCUT2D eigenvalue weighted by Gasteiger charge is 2.19. The minimum absolute atomic E-state index is 0. The van der Waals surface area contributed by atoms with E-state index in [0.717, 1.165) is 44.1 Å². The number of hydrogen-bond donors (Lipinski definition) is 1. The highest BCUT2D eigenvalue weighted by molar-refractivity contribution is 14.0. The third-order valence-electron chi connectivity index (χ3n) is 4.04. The van der Waals surface area contributed by atoms with Gasteiger partial charge in [0.05, 0.1) is 0 Å². The number of guanidine groups is 1. The first-order valence-corrected chi connectivity index (χ1v) is 8.89. The Labute approximate surface area is 180 Å². The minimum Gasteiger partial charge on any atom is -0.370 e. The highest BCUT2D eigenvalue weighted by Crippen LogP contribution is 2.19. The number of anilines is 1. The number of hydrogen-bond acceptors (Lipinski definition) is 4. The smallest absolute Gasteiger partial charge is 0.225 e. The Kier molecular flexibility index (Phi) is 8.17. The van der Waals surface area contributed by atoms with Gasteiger partial charge >= 0.3 is 0 Å². The molecule has 0 amide bonds. The zero-order valence-corrected chi connectivity index (χ0v) is 18.0. The molecule has 0 aliphatic carbocycles. The molecule has 1 aliphatic rings. The summed E-state index contributed by atoms with van der Waals surface area (Å²) >= 11 is 12.0. The molecule has 0 unspecified atom stereocenters. The first kappa shape index (κ1) is 21.0. The van der Waals surface area contributed by atoms with Gasteiger partial charge in [-0.1, -0.05) is 23.2 Å². The number of aromatic nitrogens is 2. The molecular weight excluding hydrogens is 486 g/mol. The average Bonchev–Trinajstić information content (AvgIpc) is 2.62. The molecule has 1 aromatic carbocycles. The van der Waals surface area contributed by atoms with Gasteiger partial charge in [-0.05, 0) is 36.2 Å². The van der Waals surface area contributed by atoms with Crippen LogP contribution in [0.4, 0.5) is 5.95 Å². The van der Waals surface area contributed by atoms with Gasteiger partial charge in [-0.3, -0.25) is 4.99 Å². The SMILES string of the molecule is I.NC(=NCCc1cc(Cl)cc(Cl)c1)N1CCN(c2ncccn2)CC1. The van der Waals surface area contributed by atoms with Crippen molar-refractivity contribution < 1.29 is 0 Å². The van der Waals surface area contributed by atoms with Crippen molar-refractivity contribution in [2.75, 3.05) is 37.6 Å². The summed E-state index contributed by atoms with van der Waals surface area (Å²) in [5.41, 5.74) is 7.19. The predicted molar refractivity (Wildman–Crippen MR) is 118 cm³/mol. The van der Waals surface area contributed by atoms with Crippen LogP contribution in [0.5, 0.6) is 0 Å². The quantitative estimate of drug-likeness (QED) is 0.392. The molecule has 26 heavy (non-hydrogen) atoms. The second-order valence-electron chi connectivity index (χ2n) is 5.79. The fourth-order valence-corrected chi connectivity index (χ4v) is 3.32. The van der Waals surface area contributed by atoms with Crippen molar-refractivity contribution in [3.8, 4) is 0 Å². The van der Waals surface area contributed by atoms with Crippen LogP contribution >= 0.6 is 47.2 Å². The standard InChI is InChI=1S/C17H20Cl2N6.HI/c18-14-10-13(11-15(19)12-14)2-5-21-16(20)24-6-8-25(9-7-24)17-22-3-1-4-23-17;/h1,3-4,10-12H,2,5-9H2,(H2,20,21);1H. The summed E-state index contributed by atoms with van der Waals surface area (Å²) in [7, 11) is 0. The van der Waals surface area contributed by atoms with E-state index in [0.29, 0.717) is 22.5 Å². The van der Waals surface area contributed by atoms with E-state index >= 15 is 0 Å². The van der Waals surface area contributed by atoms with Crippen LogP contribution in [0.25, 0.3) is 0 Å². The molecule has 9 heteroatoms. The Bertz CT molecular complexity index is 715. The van der Waals surface area contributed by atoms with Crippen LogP contribution in [0.2, 0.25) is 10.0 Å². The lowest BCUT2D eigenvalue weighted by Gasteiger charge is -2.35. The number of nitrogens with zero attached hydrogens (tertiary/aromatic N) is 5. The van der Waals surface area contributed by atoms with Gasteiger partial charge in [0.2, 0.25) is 5.95 Å². The number of benzene rings is 1. The van der Waals surface area contributed by atoms with E-state index in [-0.39, 0.29) is 24.0 Å². The van der Waals surface area contributed by atoms with Gasteiger partial charge in [0.25, 0.3) is 0 Å². The van der Waals surface area contributed by atoms with Crippen LogP contribution in [0.3, 0.4) is 0 Å². The van der Waals surface area contributed by atoms with E-state index in [1.807, 2.05) is 18.2 Å². The third-order valence-corrected chi connectivity index (χ3v) is 4.47. The summed E-state index contributed by atoms with van der Waals surface area (Å²) in [4.78, 5) is 17.3. The van der Waals surface area contributed by atoms with E-state index < -0.39 is 0 Å². The van der Waals surface area contributed by atoms with Crippen LogP contribution in [0.1, 0.15) is 5.56 Å². The van der Waals surface area contributed by atoms with Crippen molar-refractivity contribution in [2.24, 2.45) is 10.7 Å². The van der Waals surface area contributed by atoms with E-state index in [2.05, 4.69) is 24.8 Å². The molecule has 0 atom stereocenters. The molecular formula is C17H21Cl2IN6. The van der Waals surface area contributed by atoms with Gasteiger partial charge in [0.15, 0.2) is 5.96 Å². The topological polar surface area (TPSA) is 70.6 Å². The number of aliphatic imine (C=N–C) groups is 1. The van der Waals surface area contributed by atoms with Gasteiger partial charge in [0.1, 0.15) is 0 Å². The van der Waals surface area contributed by atoms with Crippen molar-refractivity contribution in [3.05, 3.63) is 52.3 Å². The molecule has 2 aromatic rings. The molecule has 0 radical (unpaired) electrons.